The molecule has 1 aromatic rings. The first-order valence-electron chi connectivity index (χ1n) is 5.34. The van der Waals surface area contributed by atoms with E-state index in [0.717, 1.165) is 18.4 Å². The van der Waals surface area contributed by atoms with Crippen LogP contribution in [-0.4, -0.2) is 27.5 Å². The number of nitrogens with zero attached hydrogens (tertiary/aromatic N) is 3. The molecule has 1 fully saturated rings. The maximum absolute atomic E-state index is 4.33. The van der Waals surface area contributed by atoms with Gasteiger partial charge in [-0.1, -0.05) is 13.8 Å². The fourth-order valence-corrected chi connectivity index (χ4v) is 1.94. The molecule has 0 saturated carbocycles. The minimum atomic E-state index is 0.829. The van der Waals surface area contributed by atoms with Crippen LogP contribution in [0.4, 0.5) is 0 Å². The van der Waals surface area contributed by atoms with Crippen LogP contribution in [0.25, 0.3) is 0 Å². The zero-order chi connectivity index (χ0) is 10.1. The van der Waals surface area contributed by atoms with E-state index in [4.69, 9.17) is 0 Å². The SMILES string of the molecule is CC(C)C1CN(Cc2cn(C)cn2)C1. The Hall–Kier alpha value is -0.830. The number of rotatable bonds is 3. The second-order valence-electron chi connectivity index (χ2n) is 4.73. The number of imidazole rings is 1. The molecule has 1 aliphatic rings. The lowest BCUT2D eigenvalue weighted by atomic mass is 9.88. The fraction of sp³-hybridized carbons (Fsp3) is 0.727. The highest BCUT2D eigenvalue weighted by Gasteiger charge is 2.28. The van der Waals surface area contributed by atoms with Crippen molar-refractivity contribution in [3.05, 3.63) is 18.2 Å². The molecule has 0 unspecified atom stereocenters. The van der Waals surface area contributed by atoms with Crippen molar-refractivity contribution in [2.75, 3.05) is 13.1 Å². The molecule has 78 valence electrons. The third kappa shape index (κ3) is 1.98. The van der Waals surface area contributed by atoms with Gasteiger partial charge >= 0.3 is 0 Å². The van der Waals surface area contributed by atoms with E-state index in [2.05, 4.69) is 29.9 Å². The first-order valence-corrected chi connectivity index (χ1v) is 5.34. The predicted molar refractivity (Wildman–Crippen MR) is 56.8 cm³/mol. The predicted octanol–water partition coefficient (Wildman–Crippen LogP) is 1.51. The molecule has 2 rings (SSSR count). The zero-order valence-corrected chi connectivity index (χ0v) is 9.27. The summed E-state index contributed by atoms with van der Waals surface area (Å²) < 4.78 is 2.01. The highest BCUT2D eigenvalue weighted by Crippen LogP contribution is 2.24. The minimum Gasteiger partial charge on any atom is -0.340 e. The van der Waals surface area contributed by atoms with Gasteiger partial charge in [0.2, 0.25) is 0 Å². The normalized spacial score (nSPS) is 18.9. The molecule has 3 nitrogen and oxygen atoms in total. The van der Waals surface area contributed by atoms with Gasteiger partial charge in [0.05, 0.1) is 12.0 Å². The van der Waals surface area contributed by atoms with Gasteiger partial charge in [-0.25, -0.2) is 4.98 Å². The Kier molecular flexibility index (Phi) is 2.59. The molecule has 0 N–H and O–H groups in total. The highest BCUT2D eigenvalue weighted by molar-refractivity contribution is 4.98. The van der Waals surface area contributed by atoms with Crippen molar-refractivity contribution in [3.8, 4) is 0 Å². The Morgan fingerprint density at radius 2 is 2.21 bits per heavy atom. The smallest absolute Gasteiger partial charge is 0.0947 e. The summed E-state index contributed by atoms with van der Waals surface area (Å²) in [5, 5.41) is 0. The summed E-state index contributed by atoms with van der Waals surface area (Å²) in [6.07, 6.45) is 3.97. The molecule has 14 heavy (non-hydrogen) atoms. The van der Waals surface area contributed by atoms with Gasteiger partial charge in [0.25, 0.3) is 0 Å². The fourth-order valence-electron chi connectivity index (χ4n) is 1.94. The lowest BCUT2D eigenvalue weighted by Crippen LogP contribution is -2.48. The Morgan fingerprint density at radius 1 is 1.50 bits per heavy atom. The molecule has 0 bridgehead atoms. The largest absolute Gasteiger partial charge is 0.340 e. The summed E-state index contributed by atoms with van der Waals surface area (Å²) in [4.78, 5) is 6.79. The van der Waals surface area contributed by atoms with Crippen molar-refractivity contribution in [3.63, 3.8) is 0 Å². The molecule has 1 aliphatic heterocycles. The van der Waals surface area contributed by atoms with Gasteiger partial charge in [-0.15, -0.1) is 0 Å². The van der Waals surface area contributed by atoms with Crippen molar-refractivity contribution >= 4 is 0 Å². The second-order valence-corrected chi connectivity index (χ2v) is 4.73. The van der Waals surface area contributed by atoms with Gasteiger partial charge in [-0.2, -0.15) is 0 Å². The Morgan fingerprint density at radius 3 is 2.71 bits per heavy atom. The van der Waals surface area contributed by atoms with Crippen molar-refractivity contribution in [1.29, 1.82) is 0 Å². The molecule has 2 heterocycles. The first kappa shape index (κ1) is 9.71. The van der Waals surface area contributed by atoms with Crippen LogP contribution in [0.1, 0.15) is 19.5 Å². The molecule has 1 aromatic heterocycles. The highest BCUT2D eigenvalue weighted by atomic mass is 15.2. The van der Waals surface area contributed by atoms with Crippen LogP contribution in [0.2, 0.25) is 0 Å². The molecule has 1 saturated heterocycles. The second kappa shape index (κ2) is 3.73. The maximum Gasteiger partial charge on any atom is 0.0947 e. The summed E-state index contributed by atoms with van der Waals surface area (Å²) in [5.74, 6) is 1.73. The molecule has 0 atom stereocenters. The number of aryl methyl sites for hydroxylation is 1. The summed E-state index contributed by atoms with van der Waals surface area (Å²) in [5.41, 5.74) is 1.19. The Bertz CT molecular complexity index is 297. The van der Waals surface area contributed by atoms with Crippen LogP contribution in [0.3, 0.4) is 0 Å². The third-order valence-corrected chi connectivity index (χ3v) is 3.07. The number of aromatic nitrogens is 2. The summed E-state index contributed by atoms with van der Waals surface area (Å²) in [7, 11) is 2.02. The number of hydrogen-bond donors (Lipinski definition) is 0. The molecule has 0 amide bonds. The number of likely N-dealkylation sites (tertiary alicyclic amines) is 1. The lowest BCUT2D eigenvalue weighted by molar-refractivity contribution is 0.0604. The average Bonchev–Trinajstić information content (AvgIpc) is 2.42. The van der Waals surface area contributed by atoms with Gasteiger partial charge in [0.15, 0.2) is 0 Å². The summed E-state index contributed by atoms with van der Waals surface area (Å²) in [6, 6.07) is 0. The zero-order valence-electron chi connectivity index (χ0n) is 9.27. The molecule has 3 heteroatoms. The molecular formula is C11H19N3. The Labute approximate surface area is 85.7 Å². The Balaban J connectivity index is 1.79. The molecule has 0 spiro atoms. The van der Waals surface area contributed by atoms with E-state index in [1.54, 1.807) is 0 Å². The molecule has 0 aliphatic carbocycles. The van der Waals surface area contributed by atoms with Gasteiger partial charge in [-0.3, -0.25) is 4.90 Å². The van der Waals surface area contributed by atoms with Crippen LogP contribution in [0.15, 0.2) is 12.5 Å². The van der Waals surface area contributed by atoms with Crippen molar-refractivity contribution < 1.29 is 0 Å². The van der Waals surface area contributed by atoms with Gasteiger partial charge in [0.1, 0.15) is 0 Å². The first-order chi connectivity index (χ1) is 6.65. The monoisotopic (exact) mass is 193 g/mol. The molecular weight excluding hydrogens is 174 g/mol. The number of hydrogen-bond acceptors (Lipinski definition) is 2. The average molecular weight is 193 g/mol. The van der Waals surface area contributed by atoms with Gasteiger partial charge in [-0.05, 0) is 11.8 Å². The standard InChI is InChI=1S/C11H19N3/c1-9(2)10-4-14(5-10)7-11-6-13(3)8-12-11/h6,8-10H,4-5,7H2,1-3H3. The van der Waals surface area contributed by atoms with Crippen LogP contribution < -0.4 is 0 Å². The van der Waals surface area contributed by atoms with Gasteiger partial charge in [0, 0.05) is 32.9 Å². The van der Waals surface area contributed by atoms with Crippen LogP contribution in [0.5, 0.6) is 0 Å². The van der Waals surface area contributed by atoms with Crippen molar-refractivity contribution in [1.82, 2.24) is 14.5 Å². The topological polar surface area (TPSA) is 21.1 Å². The third-order valence-electron chi connectivity index (χ3n) is 3.07. The van der Waals surface area contributed by atoms with E-state index in [9.17, 15) is 0 Å². The van der Waals surface area contributed by atoms with Crippen LogP contribution in [-0.2, 0) is 13.6 Å². The van der Waals surface area contributed by atoms with Gasteiger partial charge < -0.3 is 4.57 Å². The van der Waals surface area contributed by atoms with E-state index < -0.39 is 0 Å². The molecule has 0 aromatic carbocycles. The van der Waals surface area contributed by atoms with Crippen molar-refractivity contribution in [2.24, 2.45) is 18.9 Å². The van der Waals surface area contributed by atoms with E-state index in [-0.39, 0.29) is 0 Å². The van der Waals surface area contributed by atoms with Crippen molar-refractivity contribution in [2.45, 2.75) is 20.4 Å². The van der Waals surface area contributed by atoms with Crippen LogP contribution in [0, 0.1) is 11.8 Å². The summed E-state index contributed by atoms with van der Waals surface area (Å²) >= 11 is 0. The quantitative estimate of drug-likeness (QED) is 0.725. The lowest BCUT2D eigenvalue weighted by Gasteiger charge is -2.41. The maximum atomic E-state index is 4.33. The van der Waals surface area contributed by atoms with E-state index in [1.165, 1.54) is 18.8 Å². The van der Waals surface area contributed by atoms with E-state index in [1.807, 2.05) is 17.9 Å². The molecule has 0 radical (unpaired) electrons. The van der Waals surface area contributed by atoms with E-state index in [0.29, 0.717) is 0 Å². The summed E-state index contributed by atoms with van der Waals surface area (Å²) in [6.45, 7) is 8.12. The minimum absolute atomic E-state index is 0.829. The van der Waals surface area contributed by atoms with E-state index >= 15 is 0 Å². The van der Waals surface area contributed by atoms with Crippen LogP contribution >= 0.6 is 0 Å².